The molecule has 3 aromatic carbocycles. The van der Waals surface area contributed by atoms with Crippen LogP contribution in [0.15, 0.2) is 91.3 Å². The van der Waals surface area contributed by atoms with Gasteiger partial charge in [0.2, 0.25) is 0 Å². The lowest BCUT2D eigenvalue weighted by molar-refractivity contribution is -0.138. The lowest BCUT2D eigenvalue weighted by atomic mass is 10.0. The van der Waals surface area contributed by atoms with E-state index in [1.54, 1.807) is 12.4 Å². The molecule has 6 heteroatoms. The van der Waals surface area contributed by atoms with E-state index in [2.05, 4.69) is 51.7 Å². The van der Waals surface area contributed by atoms with Crippen LogP contribution in [-0.2, 0) is 17.8 Å². The molecule has 0 aliphatic carbocycles. The highest BCUT2D eigenvalue weighted by Crippen LogP contribution is 2.20. The van der Waals surface area contributed by atoms with E-state index in [4.69, 9.17) is 10.8 Å². The third kappa shape index (κ3) is 5.36. The topological polar surface area (TPSA) is 101 Å². The molecule has 0 saturated heterocycles. The Morgan fingerprint density at radius 3 is 2.06 bits per heavy atom. The fraction of sp³-hybridized carbons (Fsp3) is 0.115. The van der Waals surface area contributed by atoms with Gasteiger partial charge in [0.15, 0.2) is 0 Å². The SMILES string of the molecule is NC(Cc1ccc(-c2cnc(NCc3ccc(-c4ccccc4)cc3)cn2)cc1)C(=O)O. The van der Waals surface area contributed by atoms with Crippen LogP contribution in [0.5, 0.6) is 0 Å². The van der Waals surface area contributed by atoms with Crippen molar-refractivity contribution < 1.29 is 9.90 Å². The fourth-order valence-corrected chi connectivity index (χ4v) is 3.36. The van der Waals surface area contributed by atoms with E-state index < -0.39 is 12.0 Å². The Morgan fingerprint density at radius 1 is 0.812 bits per heavy atom. The second-order valence-electron chi connectivity index (χ2n) is 7.55. The van der Waals surface area contributed by atoms with Crippen molar-refractivity contribution in [2.45, 2.75) is 19.0 Å². The van der Waals surface area contributed by atoms with Gasteiger partial charge in [-0.15, -0.1) is 0 Å². The summed E-state index contributed by atoms with van der Waals surface area (Å²) < 4.78 is 0. The Labute approximate surface area is 186 Å². The Kier molecular flexibility index (Phi) is 6.53. The molecule has 0 aliphatic heterocycles. The molecular formula is C26H24N4O2. The predicted molar refractivity (Wildman–Crippen MR) is 126 cm³/mol. The molecule has 1 unspecified atom stereocenters. The second kappa shape index (κ2) is 9.85. The minimum atomic E-state index is -1.00. The number of rotatable bonds is 8. The molecule has 160 valence electrons. The highest BCUT2D eigenvalue weighted by Gasteiger charge is 2.12. The zero-order valence-electron chi connectivity index (χ0n) is 17.5. The Morgan fingerprint density at radius 2 is 1.44 bits per heavy atom. The van der Waals surface area contributed by atoms with Crippen LogP contribution in [0.4, 0.5) is 5.82 Å². The molecule has 0 radical (unpaired) electrons. The van der Waals surface area contributed by atoms with Gasteiger partial charge in [-0.1, -0.05) is 78.9 Å². The molecule has 1 atom stereocenters. The van der Waals surface area contributed by atoms with Crippen molar-refractivity contribution in [3.05, 3.63) is 102 Å². The van der Waals surface area contributed by atoms with E-state index in [0.29, 0.717) is 12.4 Å². The highest BCUT2D eigenvalue weighted by atomic mass is 16.4. The summed E-state index contributed by atoms with van der Waals surface area (Å²) in [5, 5.41) is 12.2. The van der Waals surface area contributed by atoms with Gasteiger partial charge in [0.05, 0.1) is 18.1 Å². The van der Waals surface area contributed by atoms with Crippen molar-refractivity contribution in [3.63, 3.8) is 0 Å². The molecule has 0 spiro atoms. The minimum absolute atomic E-state index is 0.288. The summed E-state index contributed by atoms with van der Waals surface area (Å²) in [6, 6.07) is 25.4. The van der Waals surface area contributed by atoms with Gasteiger partial charge in [-0.05, 0) is 28.7 Å². The van der Waals surface area contributed by atoms with Crippen LogP contribution in [0.3, 0.4) is 0 Å². The average Bonchev–Trinajstić information content (AvgIpc) is 2.84. The van der Waals surface area contributed by atoms with E-state index in [9.17, 15) is 4.79 Å². The van der Waals surface area contributed by atoms with Crippen molar-refractivity contribution in [3.8, 4) is 22.4 Å². The minimum Gasteiger partial charge on any atom is -0.480 e. The van der Waals surface area contributed by atoms with E-state index in [-0.39, 0.29) is 6.42 Å². The van der Waals surface area contributed by atoms with Gasteiger partial charge in [-0.2, -0.15) is 0 Å². The molecule has 4 N–H and O–H groups in total. The third-order valence-corrected chi connectivity index (χ3v) is 5.21. The molecule has 0 amide bonds. The summed E-state index contributed by atoms with van der Waals surface area (Å²) in [5.74, 6) is -0.305. The van der Waals surface area contributed by atoms with Gasteiger partial charge in [0, 0.05) is 12.1 Å². The van der Waals surface area contributed by atoms with Crippen molar-refractivity contribution >= 4 is 11.8 Å². The number of anilines is 1. The van der Waals surface area contributed by atoms with Crippen LogP contribution in [0, 0.1) is 0 Å². The molecule has 4 rings (SSSR count). The van der Waals surface area contributed by atoms with Crippen LogP contribution in [0.2, 0.25) is 0 Å². The number of nitrogens with zero attached hydrogens (tertiary/aromatic N) is 2. The van der Waals surface area contributed by atoms with Crippen molar-refractivity contribution in [2.75, 3.05) is 5.32 Å². The largest absolute Gasteiger partial charge is 0.480 e. The number of aliphatic carboxylic acids is 1. The molecule has 1 heterocycles. The molecule has 6 nitrogen and oxygen atoms in total. The maximum atomic E-state index is 10.9. The van der Waals surface area contributed by atoms with Crippen LogP contribution >= 0.6 is 0 Å². The van der Waals surface area contributed by atoms with Crippen LogP contribution in [0.1, 0.15) is 11.1 Å². The number of benzene rings is 3. The first-order valence-electron chi connectivity index (χ1n) is 10.4. The molecule has 1 aromatic heterocycles. The van der Waals surface area contributed by atoms with Gasteiger partial charge >= 0.3 is 5.97 Å². The first-order chi connectivity index (χ1) is 15.6. The third-order valence-electron chi connectivity index (χ3n) is 5.21. The standard InChI is InChI=1S/C26H24N4O2/c27-23(26(31)32)14-18-6-12-22(13-7-18)24-16-30-25(17-28-24)29-15-19-8-10-21(11-9-19)20-4-2-1-3-5-20/h1-13,16-17,23H,14-15,27H2,(H,29,30)(H,31,32). The molecule has 0 aliphatic rings. The van der Waals surface area contributed by atoms with Gasteiger partial charge in [0.25, 0.3) is 0 Å². The quantitative estimate of drug-likeness (QED) is 0.388. The zero-order chi connectivity index (χ0) is 22.3. The number of nitrogens with one attached hydrogen (secondary N) is 1. The lowest BCUT2D eigenvalue weighted by Gasteiger charge is -2.09. The Bertz CT molecular complexity index is 1160. The van der Waals surface area contributed by atoms with E-state index in [1.165, 1.54) is 11.1 Å². The molecule has 4 aromatic rings. The Hall–Kier alpha value is -4.03. The molecule has 0 bridgehead atoms. The molecule has 32 heavy (non-hydrogen) atoms. The monoisotopic (exact) mass is 424 g/mol. The van der Waals surface area contributed by atoms with Crippen LogP contribution < -0.4 is 11.1 Å². The number of carbonyl (C=O) groups is 1. The van der Waals surface area contributed by atoms with E-state index in [1.807, 2.05) is 42.5 Å². The number of carboxylic acids is 1. The first kappa shape index (κ1) is 21.2. The normalized spacial score (nSPS) is 11.7. The smallest absolute Gasteiger partial charge is 0.320 e. The average molecular weight is 425 g/mol. The number of hydrogen-bond donors (Lipinski definition) is 3. The number of aromatic nitrogens is 2. The van der Waals surface area contributed by atoms with Crippen molar-refractivity contribution in [2.24, 2.45) is 5.73 Å². The summed E-state index contributed by atoms with van der Waals surface area (Å²) >= 11 is 0. The summed E-state index contributed by atoms with van der Waals surface area (Å²) in [7, 11) is 0. The van der Waals surface area contributed by atoms with Gasteiger partial charge in [-0.25, -0.2) is 4.98 Å². The van der Waals surface area contributed by atoms with Gasteiger partial charge in [0.1, 0.15) is 11.9 Å². The van der Waals surface area contributed by atoms with Crippen LogP contribution in [0.25, 0.3) is 22.4 Å². The second-order valence-corrected chi connectivity index (χ2v) is 7.55. The number of nitrogens with two attached hydrogens (primary N) is 1. The Balaban J connectivity index is 1.34. The van der Waals surface area contributed by atoms with Crippen molar-refractivity contribution in [1.82, 2.24) is 9.97 Å². The van der Waals surface area contributed by atoms with E-state index >= 15 is 0 Å². The number of carboxylic acid groups (broad SMARTS) is 1. The van der Waals surface area contributed by atoms with E-state index in [0.717, 1.165) is 22.4 Å². The predicted octanol–water partition coefficient (Wildman–Crippen LogP) is 4.38. The van der Waals surface area contributed by atoms with Crippen LogP contribution in [-0.4, -0.2) is 27.1 Å². The maximum absolute atomic E-state index is 10.9. The molecular weight excluding hydrogens is 400 g/mol. The van der Waals surface area contributed by atoms with Gasteiger partial charge in [-0.3, -0.25) is 9.78 Å². The summed E-state index contributed by atoms with van der Waals surface area (Å²) in [6.45, 7) is 0.654. The zero-order valence-corrected chi connectivity index (χ0v) is 17.5. The lowest BCUT2D eigenvalue weighted by Crippen LogP contribution is -2.32. The maximum Gasteiger partial charge on any atom is 0.320 e. The highest BCUT2D eigenvalue weighted by molar-refractivity contribution is 5.73. The van der Waals surface area contributed by atoms with Gasteiger partial charge < -0.3 is 16.2 Å². The molecule has 0 fully saturated rings. The summed E-state index contributed by atoms with van der Waals surface area (Å²) in [4.78, 5) is 19.8. The fourth-order valence-electron chi connectivity index (χ4n) is 3.36. The number of hydrogen-bond acceptors (Lipinski definition) is 5. The summed E-state index contributed by atoms with van der Waals surface area (Å²) in [6.07, 6.45) is 3.72. The first-order valence-corrected chi connectivity index (χ1v) is 10.4. The molecule has 0 saturated carbocycles. The summed E-state index contributed by atoms with van der Waals surface area (Å²) in [5.41, 5.74) is 11.7. The van der Waals surface area contributed by atoms with Crippen molar-refractivity contribution in [1.29, 1.82) is 0 Å².